The summed E-state index contributed by atoms with van der Waals surface area (Å²) < 4.78 is 34.6. The molecule has 11 heteroatoms. The van der Waals surface area contributed by atoms with Crippen molar-refractivity contribution in [2.45, 2.75) is 91.1 Å². The van der Waals surface area contributed by atoms with E-state index in [0.717, 1.165) is 0 Å². The van der Waals surface area contributed by atoms with Gasteiger partial charge in [-0.05, 0) is 64.4 Å². The number of hydrogen-bond donors (Lipinski definition) is 1. The first kappa shape index (κ1) is 37.2. The van der Waals surface area contributed by atoms with Crippen LogP contribution in [0.15, 0.2) is 36.4 Å². The number of carbonyl (C=O) groups is 2. The molecule has 0 aliphatic rings. The van der Waals surface area contributed by atoms with Gasteiger partial charge < -0.3 is 33.4 Å². The van der Waals surface area contributed by atoms with Crippen molar-refractivity contribution in [1.29, 1.82) is 0 Å². The molecule has 0 fully saturated rings. The molecule has 0 radical (unpaired) electrons. The highest BCUT2D eigenvalue weighted by Crippen LogP contribution is 2.37. The Bertz CT molecular complexity index is 1240. The lowest BCUT2D eigenvalue weighted by atomic mass is 10.0. The molecule has 0 saturated heterocycles. The lowest BCUT2D eigenvalue weighted by Crippen LogP contribution is -2.41. The fraction of sp³-hybridized carbons (Fsp3) is 0.576. The second-order valence-corrected chi connectivity index (χ2v) is 18.2. The normalized spacial score (nSPS) is 12.7. The van der Waals surface area contributed by atoms with E-state index in [2.05, 4.69) is 39.2 Å². The fourth-order valence-electron chi connectivity index (χ4n) is 3.85. The van der Waals surface area contributed by atoms with Gasteiger partial charge in [-0.1, -0.05) is 38.4 Å². The summed E-state index contributed by atoms with van der Waals surface area (Å²) in [7, 11) is -0.404. The number of hydrogen-bond acceptors (Lipinski definition) is 9. The van der Waals surface area contributed by atoms with Crippen molar-refractivity contribution in [2.24, 2.45) is 0 Å². The Hall–Kier alpha value is -2.95. The molecule has 0 amide bonds. The molecule has 0 heterocycles. The standard InChI is InChI=1S/C33H50ClNO8Si/c1-11-39-31(37)30(27-15-14-23(34)19-28(27)41-17-18-42-44(9,10)33(5,6)7)35-24-20-25(38-8)22-26(21-24)40-16-12-13-29(36)43-32(2,3)4/h14-15,19-22,30,35H,11-13,16-18H2,1-10H3. The van der Waals surface area contributed by atoms with Crippen LogP contribution in [0.5, 0.6) is 17.2 Å². The van der Waals surface area contributed by atoms with Crippen LogP contribution in [-0.4, -0.2) is 59.4 Å². The zero-order chi connectivity index (χ0) is 33.1. The molecule has 2 aromatic rings. The maximum atomic E-state index is 13.3. The van der Waals surface area contributed by atoms with Crippen molar-refractivity contribution >= 4 is 37.5 Å². The zero-order valence-corrected chi connectivity index (χ0v) is 29.7. The molecule has 0 aromatic heterocycles. The van der Waals surface area contributed by atoms with E-state index >= 15 is 0 Å². The molecule has 0 aliphatic carbocycles. The SMILES string of the molecule is CCOC(=O)C(Nc1cc(OC)cc(OCCCC(=O)OC(C)(C)C)c1)c1ccc(Cl)cc1OCCO[Si](C)(C)C(C)(C)C. The van der Waals surface area contributed by atoms with E-state index in [1.807, 2.05) is 20.8 Å². The Balaban J connectivity index is 2.24. The van der Waals surface area contributed by atoms with Crippen molar-refractivity contribution < 1.29 is 37.7 Å². The van der Waals surface area contributed by atoms with Crippen LogP contribution in [-0.2, 0) is 23.5 Å². The third kappa shape index (κ3) is 12.2. The first-order valence-corrected chi connectivity index (χ1v) is 18.3. The van der Waals surface area contributed by atoms with E-state index in [9.17, 15) is 9.59 Å². The first-order chi connectivity index (χ1) is 20.5. The summed E-state index contributed by atoms with van der Waals surface area (Å²) in [6, 6.07) is 9.45. The summed E-state index contributed by atoms with van der Waals surface area (Å²) in [5, 5.41) is 3.81. The minimum atomic E-state index is -1.95. The van der Waals surface area contributed by atoms with Gasteiger partial charge >= 0.3 is 11.9 Å². The van der Waals surface area contributed by atoms with E-state index in [1.54, 1.807) is 50.4 Å². The number of carbonyl (C=O) groups excluding carboxylic acids is 2. The summed E-state index contributed by atoms with van der Waals surface area (Å²) >= 11 is 6.34. The average molecular weight is 652 g/mol. The van der Waals surface area contributed by atoms with E-state index in [0.29, 0.717) is 53.2 Å². The smallest absolute Gasteiger partial charge is 0.333 e. The molecule has 246 valence electrons. The van der Waals surface area contributed by atoms with Gasteiger partial charge in [0.2, 0.25) is 0 Å². The molecule has 1 unspecified atom stereocenters. The number of nitrogens with one attached hydrogen (secondary N) is 1. The molecule has 0 spiro atoms. The number of halogens is 1. The summed E-state index contributed by atoms with van der Waals surface area (Å²) in [6.45, 7) is 19.4. The van der Waals surface area contributed by atoms with Gasteiger partial charge in [-0.25, -0.2) is 4.79 Å². The number of ether oxygens (including phenoxy) is 5. The lowest BCUT2D eigenvalue weighted by molar-refractivity contribution is -0.155. The quantitative estimate of drug-likeness (QED) is 0.110. The highest BCUT2D eigenvalue weighted by molar-refractivity contribution is 6.74. The molecule has 1 atom stereocenters. The molecule has 0 bridgehead atoms. The van der Waals surface area contributed by atoms with Gasteiger partial charge in [0.05, 0.1) is 26.9 Å². The number of benzene rings is 2. The minimum absolute atomic E-state index is 0.0740. The van der Waals surface area contributed by atoms with Crippen molar-refractivity contribution in [3.05, 3.63) is 47.0 Å². The number of anilines is 1. The molecular formula is C33H50ClNO8Si. The minimum Gasteiger partial charge on any atom is -0.497 e. The zero-order valence-electron chi connectivity index (χ0n) is 27.9. The van der Waals surface area contributed by atoms with Gasteiger partial charge in [-0.3, -0.25) is 4.79 Å². The van der Waals surface area contributed by atoms with Crippen LogP contribution in [0, 0.1) is 0 Å². The average Bonchev–Trinajstić information content (AvgIpc) is 2.91. The van der Waals surface area contributed by atoms with Gasteiger partial charge in [0.25, 0.3) is 0 Å². The van der Waals surface area contributed by atoms with Crippen LogP contribution in [0.2, 0.25) is 23.2 Å². The van der Waals surface area contributed by atoms with Crippen LogP contribution in [0.1, 0.15) is 72.9 Å². The lowest BCUT2D eigenvalue weighted by Gasteiger charge is -2.36. The Labute approximate surface area is 269 Å². The Morgan fingerprint density at radius 3 is 2.23 bits per heavy atom. The Kier molecular flexibility index (Phi) is 13.9. The fourth-order valence-corrected chi connectivity index (χ4v) is 5.04. The largest absolute Gasteiger partial charge is 0.497 e. The van der Waals surface area contributed by atoms with Crippen LogP contribution in [0.3, 0.4) is 0 Å². The van der Waals surface area contributed by atoms with Crippen molar-refractivity contribution in [3.63, 3.8) is 0 Å². The van der Waals surface area contributed by atoms with Crippen LogP contribution in [0.25, 0.3) is 0 Å². The number of rotatable bonds is 16. The summed E-state index contributed by atoms with van der Waals surface area (Å²) in [5.41, 5.74) is 0.586. The molecule has 9 nitrogen and oxygen atoms in total. The maximum absolute atomic E-state index is 13.3. The predicted molar refractivity (Wildman–Crippen MR) is 177 cm³/mol. The van der Waals surface area contributed by atoms with Gasteiger partial charge in [-0.15, -0.1) is 0 Å². The first-order valence-electron chi connectivity index (χ1n) is 15.0. The van der Waals surface area contributed by atoms with Gasteiger partial charge in [0, 0.05) is 40.9 Å². The molecule has 1 N–H and O–H groups in total. The van der Waals surface area contributed by atoms with E-state index in [1.165, 1.54) is 0 Å². The summed E-state index contributed by atoms with van der Waals surface area (Å²) in [4.78, 5) is 25.3. The highest BCUT2D eigenvalue weighted by Gasteiger charge is 2.37. The van der Waals surface area contributed by atoms with Gasteiger partial charge in [0.15, 0.2) is 14.4 Å². The van der Waals surface area contributed by atoms with E-state index in [4.69, 9.17) is 39.7 Å². The van der Waals surface area contributed by atoms with Crippen molar-refractivity contribution in [1.82, 2.24) is 0 Å². The second-order valence-electron chi connectivity index (χ2n) is 12.9. The summed E-state index contributed by atoms with van der Waals surface area (Å²) in [5.74, 6) is 0.714. The number of esters is 2. The van der Waals surface area contributed by atoms with E-state index in [-0.39, 0.29) is 30.6 Å². The monoisotopic (exact) mass is 651 g/mol. The molecule has 0 saturated carbocycles. The van der Waals surface area contributed by atoms with Crippen LogP contribution >= 0.6 is 11.6 Å². The topological polar surface area (TPSA) is 102 Å². The Morgan fingerprint density at radius 1 is 0.932 bits per heavy atom. The number of methoxy groups -OCH3 is 1. The molecule has 2 aromatic carbocycles. The van der Waals surface area contributed by atoms with Crippen molar-refractivity contribution in [2.75, 3.05) is 38.9 Å². The van der Waals surface area contributed by atoms with Crippen molar-refractivity contribution in [3.8, 4) is 17.2 Å². The van der Waals surface area contributed by atoms with Crippen LogP contribution in [0.4, 0.5) is 5.69 Å². The molecular weight excluding hydrogens is 602 g/mol. The third-order valence-electron chi connectivity index (χ3n) is 7.06. The van der Waals surface area contributed by atoms with Gasteiger partial charge in [-0.2, -0.15) is 0 Å². The van der Waals surface area contributed by atoms with Gasteiger partial charge in [0.1, 0.15) is 29.5 Å². The van der Waals surface area contributed by atoms with Crippen LogP contribution < -0.4 is 19.5 Å². The maximum Gasteiger partial charge on any atom is 0.333 e. The molecule has 44 heavy (non-hydrogen) atoms. The highest BCUT2D eigenvalue weighted by atomic mass is 35.5. The molecule has 2 rings (SSSR count). The third-order valence-corrected chi connectivity index (χ3v) is 11.8. The predicted octanol–water partition coefficient (Wildman–Crippen LogP) is 7.97. The Morgan fingerprint density at radius 2 is 1.61 bits per heavy atom. The second kappa shape index (κ2) is 16.4. The molecule has 0 aliphatic heterocycles. The van der Waals surface area contributed by atoms with E-state index < -0.39 is 25.9 Å². The summed E-state index contributed by atoms with van der Waals surface area (Å²) in [6.07, 6.45) is 0.711.